The normalized spacial score (nSPS) is 14.7. The lowest BCUT2D eigenvalue weighted by molar-refractivity contribution is -0.124. The summed E-state index contributed by atoms with van der Waals surface area (Å²) in [5.74, 6) is -0.470. The van der Waals surface area contributed by atoms with Crippen LogP contribution in [0, 0.1) is 0 Å². The number of ether oxygens (including phenoxy) is 1. The van der Waals surface area contributed by atoms with E-state index in [1.807, 2.05) is 0 Å². The highest BCUT2D eigenvalue weighted by Crippen LogP contribution is 2.19. The molecule has 2 rings (SSSR count). The van der Waals surface area contributed by atoms with Crippen LogP contribution in [0.2, 0.25) is 0 Å². The molecular formula is C12H12N2O4S. The molecule has 100 valence electrons. The molecule has 0 bridgehead atoms. The third kappa shape index (κ3) is 3.05. The van der Waals surface area contributed by atoms with Gasteiger partial charge in [-0.2, -0.15) is 0 Å². The molecule has 2 amide bonds. The van der Waals surface area contributed by atoms with Crippen molar-refractivity contribution in [1.82, 2.24) is 4.90 Å². The van der Waals surface area contributed by atoms with Crippen molar-refractivity contribution in [1.29, 1.82) is 0 Å². The lowest BCUT2D eigenvalue weighted by Crippen LogP contribution is -2.33. The molecular weight excluding hydrogens is 268 g/mol. The Hall–Kier alpha value is -2.02. The van der Waals surface area contributed by atoms with Crippen molar-refractivity contribution < 1.29 is 19.1 Å². The maximum atomic E-state index is 11.4. The second kappa shape index (κ2) is 5.75. The van der Waals surface area contributed by atoms with Crippen LogP contribution in [-0.2, 0) is 9.53 Å². The number of carbonyl (C=O) groups excluding carboxylic acids is 3. The Morgan fingerprint density at radius 3 is 2.89 bits per heavy atom. The fourth-order valence-electron chi connectivity index (χ4n) is 1.58. The van der Waals surface area contributed by atoms with Crippen LogP contribution in [0.5, 0.6) is 0 Å². The minimum absolute atomic E-state index is 0.0926. The standard InChI is InChI=1S/C12H12N2O4S/c1-18-11(16)8-3-2-4-9(5-8)13-7-14-10(15)6-19-12(14)17/h2-5,13H,6-7H2,1H3. The van der Waals surface area contributed by atoms with Crippen molar-refractivity contribution in [2.45, 2.75) is 0 Å². The first kappa shape index (κ1) is 13.4. The number of imide groups is 1. The van der Waals surface area contributed by atoms with Crippen molar-refractivity contribution in [3.05, 3.63) is 29.8 Å². The predicted molar refractivity (Wildman–Crippen MR) is 71.0 cm³/mol. The van der Waals surface area contributed by atoms with Crippen molar-refractivity contribution in [2.24, 2.45) is 0 Å². The van der Waals surface area contributed by atoms with E-state index in [-0.39, 0.29) is 23.6 Å². The Morgan fingerprint density at radius 2 is 2.26 bits per heavy atom. The number of nitrogens with one attached hydrogen (secondary N) is 1. The minimum Gasteiger partial charge on any atom is -0.465 e. The summed E-state index contributed by atoms with van der Waals surface area (Å²) in [6.07, 6.45) is 0. The molecule has 0 aliphatic carbocycles. The van der Waals surface area contributed by atoms with E-state index >= 15 is 0 Å². The highest BCUT2D eigenvalue weighted by molar-refractivity contribution is 8.14. The van der Waals surface area contributed by atoms with E-state index in [0.717, 1.165) is 16.7 Å². The monoisotopic (exact) mass is 280 g/mol. The van der Waals surface area contributed by atoms with Gasteiger partial charge in [-0.15, -0.1) is 0 Å². The smallest absolute Gasteiger partial charge is 0.337 e. The zero-order valence-corrected chi connectivity index (χ0v) is 11.0. The summed E-state index contributed by atoms with van der Waals surface area (Å²) in [6.45, 7) is 0.0926. The number of nitrogens with zero attached hydrogens (tertiary/aromatic N) is 1. The molecule has 0 unspecified atom stereocenters. The third-order valence-electron chi connectivity index (χ3n) is 2.57. The van der Waals surface area contributed by atoms with Gasteiger partial charge in [-0.05, 0) is 18.2 Å². The van der Waals surface area contributed by atoms with E-state index in [0.29, 0.717) is 11.3 Å². The maximum Gasteiger partial charge on any atom is 0.337 e. The summed E-state index contributed by atoms with van der Waals surface area (Å²) in [5.41, 5.74) is 1.04. The predicted octanol–water partition coefficient (Wildman–Crippen LogP) is 1.54. The van der Waals surface area contributed by atoms with Gasteiger partial charge in [0.25, 0.3) is 5.24 Å². The van der Waals surface area contributed by atoms with Crippen LogP contribution < -0.4 is 5.32 Å². The first-order valence-electron chi connectivity index (χ1n) is 5.51. The molecule has 1 aromatic carbocycles. The number of hydrogen-bond acceptors (Lipinski definition) is 6. The van der Waals surface area contributed by atoms with Gasteiger partial charge < -0.3 is 10.1 Å². The van der Waals surface area contributed by atoms with E-state index in [4.69, 9.17) is 0 Å². The van der Waals surface area contributed by atoms with Gasteiger partial charge in [0.1, 0.15) is 0 Å². The maximum absolute atomic E-state index is 11.4. The van der Waals surface area contributed by atoms with Crippen LogP contribution in [-0.4, -0.2) is 41.5 Å². The zero-order chi connectivity index (χ0) is 13.8. The number of anilines is 1. The molecule has 6 nitrogen and oxygen atoms in total. The number of esters is 1. The van der Waals surface area contributed by atoms with Crippen LogP contribution in [0.1, 0.15) is 10.4 Å². The molecule has 0 aromatic heterocycles. The fraction of sp³-hybridized carbons (Fsp3) is 0.250. The van der Waals surface area contributed by atoms with Gasteiger partial charge in [-0.1, -0.05) is 17.8 Å². The van der Waals surface area contributed by atoms with Crippen molar-refractivity contribution in [3.8, 4) is 0 Å². The van der Waals surface area contributed by atoms with Crippen LogP contribution in [0.4, 0.5) is 10.5 Å². The molecule has 1 N–H and O–H groups in total. The van der Waals surface area contributed by atoms with E-state index in [1.54, 1.807) is 24.3 Å². The number of benzene rings is 1. The van der Waals surface area contributed by atoms with E-state index in [2.05, 4.69) is 10.1 Å². The zero-order valence-electron chi connectivity index (χ0n) is 10.2. The second-order valence-electron chi connectivity index (χ2n) is 3.78. The molecule has 1 aliphatic heterocycles. The highest BCUT2D eigenvalue weighted by atomic mass is 32.2. The molecule has 0 radical (unpaired) electrons. The summed E-state index contributed by atoms with van der Waals surface area (Å²) in [5, 5.41) is 2.67. The van der Waals surface area contributed by atoms with Crippen molar-refractivity contribution in [2.75, 3.05) is 24.8 Å². The number of hydrogen-bond donors (Lipinski definition) is 1. The van der Waals surface area contributed by atoms with Gasteiger partial charge in [0.2, 0.25) is 5.91 Å². The van der Waals surface area contributed by atoms with Crippen LogP contribution in [0.15, 0.2) is 24.3 Å². The Kier molecular flexibility index (Phi) is 4.06. The Morgan fingerprint density at radius 1 is 1.47 bits per heavy atom. The first-order chi connectivity index (χ1) is 9.11. The Bertz CT molecular complexity index is 516. The van der Waals surface area contributed by atoms with Crippen molar-refractivity contribution in [3.63, 3.8) is 0 Å². The largest absolute Gasteiger partial charge is 0.465 e. The Balaban J connectivity index is 2.01. The van der Waals surface area contributed by atoms with E-state index in [9.17, 15) is 14.4 Å². The molecule has 7 heteroatoms. The van der Waals surface area contributed by atoms with Gasteiger partial charge >= 0.3 is 5.97 Å². The molecule has 0 atom stereocenters. The molecule has 1 aliphatic rings. The van der Waals surface area contributed by atoms with Crippen LogP contribution in [0.3, 0.4) is 0 Å². The van der Waals surface area contributed by atoms with Gasteiger partial charge in [-0.25, -0.2) is 4.79 Å². The molecule has 0 saturated carbocycles. The van der Waals surface area contributed by atoms with Crippen LogP contribution in [0.25, 0.3) is 0 Å². The molecule has 1 saturated heterocycles. The molecule has 1 heterocycles. The highest BCUT2D eigenvalue weighted by Gasteiger charge is 2.29. The minimum atomic E-state index is -0.437. The summed E-state index contributed by atoms with van der Waals surface area (Å²) >= 11 is 0.984. The quantitative estimate of drug-likeness (QED) is 0.843. The lowest BCUT2D eigenvalue weighted by Gasteiger charge is -2.14. The first-order valence-corrected chi connectivity index (χ1v) is 6.50. The topological polar surface area (TPSA) is 75.7 Å². The van der Waals surface area contributed by atoms with Gasteiger partial charge in [-0.3, -0.25) is 14.5 Å². The summed E-state index contributed by atoms with van der Waals surface area (Å²) in [4.78, 5) is 35.3. The van der Waals surface area contributed by atoms with Crippen molar-refractivity contribution >= 4 is 34.6 Å². The molecule has 0 spiro atoms. The van der Waals surface area contributed by atoms with Gasteiger partial charge in [0.15, 0.2) is 0 Å². The number of thioether (sulfide) groups is 1. The third-order valence-corrected chi connectivity index (χ3v) is 3.42. The SMILES string of the molecule is COC(=O)c1cccc(NCN2C(=O)CSC2=O)c1. The molecule has 19 heavy (non-hydrogen) atoms. The van der Waals surface area contributed by atoms with Crippen LogP contribution >= 0.6 is 11.8 Å². The summed E-state index contributed by atoms with van der Waals surface area (Å²) < 4.78 is 4.61. The number of carbonyl (C=O) groups is 3. The summed E-state index contributed by atoms with van der Waals surface area (Å²) in [6, 6.07) is 6.66. The molecule has 1 fully saturated rings. The fourth-order valence-corrected chi connectivity index (χ4v) is 2.30. The number of rotatable bonds is 4. The molecule has 1 aromatic rings. The Labute approximate surface area is 114 Å². The number of amides is 2. The second-order valence-corrected chi connectivity index (χ2v) is 4.71. The van der Waals surface area contributed by atoms with E-state index in [1.165, 1.54) is 7.11 Å². The van der Waals surface area contributed by atoms with E-state index < -0.39 is 5.97 Å². The lowest BCUT2D eigenvalue weighted by atomic mass is 10.2. The average Bonchev–Trinajstić information content (AvgIpc) is 2.75. The van der Waals surface area contributed by atoms with Gasteiger partial charge in [0.05, 0.1) is 25.1 Å². The average molecular weight is 280 g/mol. The summed E-state index contributed by atoms with van der Waals surface area (Å²) in [7, 11) is 1.31. The number of methoxy groups -OCH3 is 1. The van der Waals surface area contributed by atoms with Gasteiger partial charge in [0, 0.05) is 5.69 Å².